The van der Waals surface area contributed by atoms with Crippen LogP contribution in [0.25, 0.3) is 0 Å². The van der Waals surface area contributed by atoms with Crippen LogP contribution in [0, 0.1) is 5.92 Å². The van der Waals surface area contributed by atoms with E-state index in [9.17, 15) is 4.79 Å². The van der Waals surface area contributed by atoms with Crippen molar-refractivity contribution in [2.75, 3.05) is 13.2 Å². The van der Waals surface area contributed by atoms with E-state index in [1.54, 1.807) is 11.1 Å². The van der Waals surface area contributed by atoms with Gasteiger partial charge in [0.05, 0.1) is 12.2 Å². The van der Waals surface area contributed by atoms with Crippen LogP contribution in [0.3, 0.4) is 0 Å². The number of rotatable bonds is 5. The first kappa shape index (κ1) is 16.8. The van der Waals surface area contributed by atoms with Gasteiger partial charge < -0.3 is 14.4 Å². The molecular formula is C19H26N2O3. The summed E-state index contributed by atoms with van der Waals surface area (Å²) in [4.78, 5) is 18.1. The van der Waals surface area contributed by atoms with Crippen molar-refractivity contribution in [2.24, 2.45) is 5.92 Å². The molecule has 1 aliphatic carbocycles. The second kappa shape index (κ2) is 6.46. The van der Waals surface area contributed by atoms with Crippen molar-refractivity contribution in [1.29, 1.82) is 0 Å². The lowest BCUT2D eigenvalue weighted by Crippen LogP contribution is -2.55. The van der Waals surface area contributed by atoms with Gasteiger partial charge in [-0.25, -0.2) is 4.79 Å². The van der Waals surface area contributed by atoms with Crippen LogP contribution in [0.5, 0.6) is 5.75 Å². The zero-order chi connectivity index (χ0) is 17.3. The Kier molecular flexibility index (Phi) is 4.52. The third-order valence-electron chi connectivity index (χ3n) is 4.52. The summed E-state index contributed by atoms with van der Waals surface area (Å²) in [6, 6.07) is 2.13. The van der Waals surface area contributed by atoms with Gasteiger partial charge in [-0.15, -0.1) is 6.58 Å². The van der Waals surface area contributed by atoms with Gasteiger partial charge in [0.2, 0.25) is 0 Å². The third kappa shape index (κ3) is 3.89. The molecule has 0 radical (unpaired) electrons. The maximum absolute atomic E-state index is 12.1. The van der Waals surface area contributed by atoms with E-state index in [0.717, 1.165) is 25.1 Å². The predicted octanol–water partition coefficient (Wildman–Crippen LogP) is 3.76. The van der Waals surface area contributed by atoms with E-state index in [4.69, 9.17) is 9.47 Å². The van der Waals surface area contributed by atoms with Crippen LogP contribution in [0.15, 0.2) is 31.1 Å². The molecule has 3 atom stereocenters. The predicted molar refractivity (Wildman–Crippen MR) is 92.1 cm³/mol. The molecular weight excluding hydrogens is 304 g/mol. The normalized spacial score (nSPS) is 25.6. The van der Waals surface area contributed by atoms with E-state index < -0.39 is 5.60 Å². The molecule has 2 aliphatic rings. The minimum Gasteiger partial charge on any atom is -0.490 e. The van der Waals surface area contributed by atoms with Crippen molar-refractivity contribution in [1.82, 2.24) is 9.88 Å². The summed E-state index contributed by atoms with van der Waals surface area (Å²) in [7, 11) is 0. The summed E-state index contributed by atoms with van der Waals surface area (Å²) in [5, 5.41) is 0. The fourth-order valence-corrected chi connectivity index (χ4v) is 2.94. The van der Waals surface area contributed by atoms with Gasteiger partial charge in [0.25, 0.3) is 0 Å². The van der Waals surface area contributed by atoms with Gasteiger partial charge in [0.15, 0.2) is 0 Å². The number of likely N-dealkylation sites (tertiary alicyclic amines) is 1. The lowest BCUT2D eigenvalue weighted by atomic mass is 10.1. The number of carbonyl (C=O) groups is 1. The molecule has 0 spiro atoms. The highest BCUT2D eigenvalue weighted by Crippen LogP contribution is 2.48. The Morgan fingerprint density at radius 3 is 2.83 bits per heavy atom. The summed E-state index contributed by atoms with van der Waals surface area (Å²) in [5.74, 6) is 1.86. The number of hydrogen-bond acceptors (Lipinski definition) is 4. The summed E-state index contributed by atoms with van der Waals surface area (Å²) >= 11 is 0. The van der Waals surface area contributed by atoms with Gasteiger partial charge in [0.1, 0.15) is 18.0 Å². The summed E-state index contributed by atoms with van der Waals surface area (Å²) in [5.41, 5.74) is 0.734. The standard InChI is InChI=1S/C19H26N2O3/c1-5-13-9-17(13)14-8-16(11-20-10-14)23-12-15-6-7-21(15)18(22)24-19(2,3)4/h5,8,10-11,13,15,17H,1,6-7,9,12H2,2-4H3/t13-,15+,17?/m1/s1. The van der Waals surface area contributed by atoms with E-state index in [1.165, 1.54) is 5.56 Å². The van der Waals surface area contributed by atoms with Crippen molar-refractivity contribution in [3.63, 3.8) is 0 Å². The Labute approximate surface area is 143 Å². The number of hydrogen-bond donors (Lipinski definition) is 0. The highest BCUT2D eigenvalue weighted by molar-refractivity contribution is 5.69. The SMILES string of the molecule is C=C[C@@H]1CC1c1cncc(OC[C@@H]2CCN2C(=O)OC(C)(C)C)c1. The molecule has 0 N–H and O–H groups in total. The molecule has 0 aromatic carbocycles. The molecule has 1 saturated heterocycles. The Morgan fingerprint density at radius 1 is 1.46 bits per heavy atom. The number of ether oxygens (including phenoxy) is 2. The number of aromatic nitrogens is 1. The summed E-state index contributed by atoms with van der Waals surface area (Å²) in [6.07, 6.45) is 7.45. The molecule has 3 rings (SSSR count). The van der Waals surface area contributed by atoms with E-state index in [1.807, 2.05) is 33.0 Å². The van der Waals surface area contributed by atoms with E-state index in [2.05, 4.69) is 17.6 Å². The molecule has 130 valence electrons. The van der Waals surface area contributed by atoms with Gasteiger partial charge in [-0.1, -0.05) is 6.08 Å². The lowest BCUT2D eigenvalue weighted by molar-refractivity contribution is -0.0141. The molecule has 1 saturated carbocycles. The van der Waals surface area contributed by atoms with E-state index in [-0.39, 0.29) is 12.1 Å². The molecule has 5 nitrogen and oxygen atoms in total. The highest BCUT2D eigenvalue weighted by atomic mass is 16.6. The molecule has 5 heteroatoms. The first-order chi connectivity index (χ1) is 11.4. The monoisotopic (exact) mass is 330 g/mol. The first-order valence-corrected chi connectivity index (χ1v) is 8.57. The first-order valence-electron chi connectivity index (χ1n) is 8.57. The number of pyridine rings is 1. The smallest absolute Gasteiger partial charge is 0.410 e. The van der Waals surface area contributed by atoms with Crippen LogP contribution in [0.1, 0.15) is 45.1 Å². The van der Waals surface area contributed by atoms with Crippen LogP contribution in [-0.2, 0) is 4.74 Å². The number of carbonyl (C=O) groups excluding carboxylic acids is 1. The number of allylic oxidation sites excluding steroid dienone is 1. The zero-order valence-electron chi connectivity index (χ0n) is 14.7. The molecule has 1 aromatic rings. The van der Waals surface area contributed by atoms with Crippen molar-refractivity contribution in [3.8, 4) is 5.75 Å². The fraction of sp³-hybridized carbons (Fsp3) is 0.579. The van der Waals surface area contributed by atoms with Gasteiger partial charge in [-0.05, 0) is 57.1 Å². The second-order valence-corrected chi connectivity index (χ2v) is 7.62. The van der Waals surface area contributed by atoms with Gasteiger partial charge in [-0.3, -0.25) is 4.98 Å². The average molecular weight is 330 g/mol. The lowest BCUT2D eigenvalue weighted by Gasteiger charge is -2.40. The average Bonchev–Trinajstić information content (AvgIpc) is 3.24. The fourth-order valence-electron chi connectivity index (χ4n) is 2.94. The maximum atomic E-state index is 12.1. The van der Waals surface area contributed by atoms with E-state index in [0.29, 0.717) is 18.4 Å². The van der Waals surface area contributed by atoms with Crippen LogP contribution in [0.2, 0.25) is 0 Å². The van der Waals surface area contributed by atoms with Gasteiger partial charge in [-0.2, -0.15) is 0 Å². The largest absolute Gasteiger partial charge is 0.490 e. The Balaban J connectivity index is 1.52. The van der Waals surface area contributed by atoms with Crippen molar-refractivity contribution >= 4 is 6.09 Å². The van der Waals surface area contributed by atoms with Crippen molar-refractivity contribution < 1.29 is 14.3 Å². The molecule has 0 bridgehead atoms. The zero-order valence-corrected chi connectivity index (χ0v) is 14.7. The maximum Gasteiger partial charge on any atom is 0.410 e. The topological polar surface area (TPSA) is 51.7 Å². The summed E-state index contributed by atoms with van der Waals surface area (Å²) in [6.45, 7) is 10.7. The van der Waals surface area contributed by atoms with Crippen LogP contribution in [0.4, 0.5) is 4.79 Å². The minimum absolute atomic E-state index is 0.0744. The highest BCUT2D eigenvalue weighted by Gasteiger charge is 2.37. The van der Waals surface area contributed by atoms with Crippen molar-refractivity contribution in [3.05, 3.63) is 36.7 Å². The second-order valence-electron chi connectivity index (χ2n) is 7.62. The van der Waals surface area contributed by atoms with Gasteiger partial charge in [0, 0.05) is 12.7 Å². The Bertz CT molecular complexity index is 623. The number of nitrogens with zero attached hydrogens (tertiary/aromatic N) is 2. The van der Waals surface area contributed by atoms with Crippen LogP contribution < -0.4 is 4.74 Å². The van der Waals surface area contributed by atoms with Crippen LogP contribution >= 0.6 is 0 Å². The number of amides is 1. The van der Waals surface area contributed by atoms with E-state index >= 15 is 0 Å². The summed E-state index contributed by atoms with van der Waals surface area (Å²) < 4.78 is 11.3. The molecule has 2 heterocycles. The van der Waals surface area contributed by atoms with Crippen LogP contribution in [-0.4, -0.2) is 40.8 Å². The third-order valence-corrected chi connectivity index (χ3v) is 4.52. The minimum atomic E-state index is -0.470. The molecule has 24 heavy (non-hydrogen) atoms. The molecule has 1 aromatic heterocycles. The molecule has 1 aliphatic heterocycles. The Hall–Kier alpha value is -2.04. The van der Waals surface area contributed by atoms with Crippen molar-refractivity contribution in [2.45, 2.75) is 51.2 Å². The Morgan fingerprint density at radius 2 is 2.25 bits per heavy atom. The molecule has 2 fully saturated rings. The molecule has 1 unspecified atom stereocenters. The quantitative estimate of drug-likeness (QED) is 0.771. The molecule has 1 amide bonds. The van der Waals surface area contributed by atoms with Gasteiger partial charge >= 0.3 is 6.09 Å².